The van der Waals surface area contributed by atoms with Crippen LogP contribution in [-0.4, -0.2) is 26.3 Å². The predicted molar refractivity (Wildman–Crippen MR) is 76.0 cm³/mol. The smallest absolute Gasteiger partial charge is 0.340 e. The number of carboxylic acids is 1. The number of nitrogens with zero attached hydrogens (tertiary/aromatic N) is 2. The third-order valence-corrected chi connectivity index (χ3v) is 3.57. The first-order valence-corrected chi connectivity index (χ1v) is 6.75. The fourth-order valence-electron chi connectivity index (χ4n) is 1.48. The lowest BCUT2D eigenvalue weighted by atomic mass is 10.2. The molecule has 6 nitrogen and oxygen atoms in total. The highest BCUT2D eigenvalue weighted by Crippen LogP contribution is 2.25. The fourth-order valence-corrected chi connectivity index (χ4v) is 2.72. The predicted octanol–water partition coefficient (Wildman–Crippen LogP) is 3.10. The second-order valence-electron chi connectivity index (χ2n) is 3.73. The van der Waals surface area contributed by atoms with Crippen LogP contribution in [0.5, 0.6) is 0 Å². The van der Waals surface area contributed by atoms with Crippen molar-refractivity contribution in [3.63, 3.8) is 0 Å². The zero-order valence-corrected chi connectivity index (χ0v) is 12.3. The van der Waals surface area contributed by atoms with E-state index in [-0.39, 0.29) is 26.4 Å². The van der Waals surface area contributed by atoms with Crippen molar-refractivity contribution in [3.8, 4) is 0 Å². The Morgan fingerprint density at radius 2 is 1.90 bits per heavy atom. The van der Waals surface area contributed by atoms with Crippen LogP contribution in [0.2, 0.25) is 10.3 Å². The monoisotopic (exact) mass is 331 g/mol. The number of aromatic nitrogens is 2. The van der Waals surface area contributed by atoms with Crippen LogP contribution in [0.4, 0.5) is 5.00 Å². The highest BCUT2D eigenvalue weighted by Gasteiger charge is 2.20. The fraction of sp³-hybridized carbons (Fsp3) is 0.0909. The molecule has 0 spiro atoms. The largest absolute Gasteiger partial charge is 0.478 e. The minimum Gasteiger partial charge on any atom is -0.478 e. The molecule has 2 heterocycles. The summed E-state index contributed by atoms with van der Waals surface area (Å²) < 4.78 is 3.90. The Balaban J connectivity index is 2.30. The zero-order chi connectivity index (χ0) is 14.9. The molecule has 0 aliphatic rings. The van der Waals surface area contributed by atoms with E-state index in [0.717, 1.165) is 11.5 Å². The van der Waals surface area contributed by atoms with E-state index < -0.39 is 11.9 Å². The van der Waals surface area contributed by atoms with Gasteiger partial charge >= 0.3 is 5.97 Å². The van der Waals surface area contributed by atoms with Crippen LogP contribution in [0.3, 0.4) is 0 Å². The number of nitrogens with one attached hydrogen (secondary N) is 1. The van der Waals surface area contributed by atoms with Gasteiger partial charge in [0.25, 0.3) is 5.91 Å². The van der Waals surface area contributed by atoms with Crippen molar-refractivity contribution in [1.82, 2.24) is 9.36 Å². The Morgan fingerprint density at radius 1 is 1.30 bits per heavy atom. The van der Waals surface area contributed by atoms with E-state index in [4.69, 9.17) is 28.3 Å². The summed E-state index contributed by atoms with van der Waals surface area (Å²) in [7, 11) is 0. The van der Waals surface area contributed by atoms with Crippen LogP contribution in [-0.2, 0) is 0 Å². The van der Waals surface area contributed by atoms with Crippen molar-refractivity contribution in [2.45, 2.75) is 6.92 Å². The van der Waals surface area contributed by atoms with Gasteiger partial charge in [-0.25, -0.2) is 9.78 Å². The summed E-state index contributed by atoms with van der Waals surface area (Å²) in [6, 6.07) is 2.66. The van der Waals surface area contributed by atoms with Crippen molar-refractivity contribution in [1.29, 1.82) is 0 Å². The maximum Gasteiger partial charge on any atom is 0.340 e. The summed E-state index contributed by atoms with van der Waals surface area (Å²) in [5.41, 5.74) is 0.482. The number of pyridine rings is 1. The zero-order valence-electron chi connectivity index (χ0n) is 9.98. The first kappa shape index (κ1) is 14.7. The van der Waals surface area contributed by atoms with Gasteiger partial charge in [-0.3, -0.25) is 4.79 Å². The summed E-state index contributed by atoms with van der Waals surface area (Å²) in [6.45, 7) is 1.55. The van der Waals surface area contributed by atoms with E-state index in [0.29, 0.717) is 5.69 Å². The topological polar surface area (TPSA) is 92.2 Å². The molecule has 0 aliphatic heterocycles. The number of aromatic carboxylic acids is 1. The number of carboxylic acid groups (broad SMARTS) is 1. The molecule has 0 bridgehead atoms. The standard InChI is InChI=1S/C11H7Cl2N3O3S/c1-4-8(11(18)19)10(20-16-4)15-9(17)5-2-6(12)14-7(13)3-5/h2-3H,1H3,(H,15,17)(H,18,19). The lowest BCUT2D eigenvalue weighted by molar-refractivity contribution is 0.0697. The van der Waals surface area contributed by atoms with Crippen LogP contribution < -0.4 is 5.32 Å². The van der Waals surface area contributed by atoms with Crippen LogP contribution in [0.25, 0.3) is 0 Å². The molecule has 9 heteroatoms. The van der Waals surface area contributed by atoms with Crippen LogP contribution in [0, 0.1) is 6.92 Å². The summed E-state index contributed by atoms with van der Waals surface area (Å²) in [6.07, 6.45) is 0. The van der Waals surface area contributed by atoms with Crippen LogP contribution in [0.15, 0.2) is 12.1 Å². The Morgan fingerprint density at radius 3 is 2.45 bits per heavy atom. The lowest BCUT2D eigenvalue weighted by Crippen LogP contribution is -2.13. The van der Waals surface area contributed by atoms with Gasteiger partial charge in [-0.1, -0.05) is 23.2 Å². The number of rotatable bonds is 3. The Labute approximate surface area is 127 Å². The average Bonchev–Trinajstić information content (AvgIpc) is 2.69. The van der Waals surface area contributed by atoms with E-state index >= 15 is 0 Å². The molecule has 2 aromatic rings. The van der Waals surface area contributed by atoms with E-state index in [1.807, 2.05) is 0 Å². The minimum atomic E-state index is -1.16. The highest BCUT2D eigenvalue weighted by atomic mass is 35.5. The van der Waals surface area contributed by atoms with Crippen molar-refractivity contribution < 1.29 is 14.7 Å². The number of carbonyl (C=O) groups is 2. The van der Waals surface area contributed by atoms with Gasteiger partial charge in [0.15, 0.2) is 0 Å². The van der Waals surface area contributed by atoms with Crippen molar-refractivity contribution in [2.24, 2.45) is 0 Å². The molecule has 0 saturated carbocycles. The lowest BCUT2D eigenvalue weighted by Gasteiger charge is -2.04. The maximum atomic E-state index is 12.0. The summed E-state index contributed by atoms with van der Waals surface area (Å²) in [5, 5.41) is 11.8. The number of halogens is 2. The van der Waals surface area contributed by atoms with Gasteiger partial charge in [0.1, 0.15) is 20.9 Å². The first-order valence-electron chi connectivity index (χ1n) is 5.22. The molecule has 2 N–H and O–H groups in total. The molecular formula is C11H7Cl2N3O3S. The number of aryl methyl sites for hydroxylation is 1. The molecule has 0 atom stereocenters. The number of hydrogen-bond acceptors (Lipinski definition) is 5. The Hall–Kier alpha value is -1.70. The minimum absolute atomic E-state index is 0.0328. The molecule has 0 saturated heterocycles. The molecule has 0 unspecified atom stereocenters. The van der Waals surface area contributed by atoms with E-state index in [2.05, 4.69) is 14.7 Å². The molecule has 0 aliphatic carbocycles. The number of amides is 1. The van der Waals surface area contributed by atoms with Crippen molar-refractivity contribution >= 4 is 51.6 Å². The average molecular weight is 332 g/mol. The number of carbonyl (C=O) groups excluding carboxylic acids is 1. The van der Waals surface area contributed by atoms with Gasteiger partial charge in [0.05, 0.1) is 5.69 Å². The summed E-state index contributed by atoms with van der Waals surface area (Å²) in [4.78, 5) is 26.8. The van der Waals surface area contributed by atoms with E-state index in [9.17, 15) is 9.59 Å². The van der Waals surface area contributed by atoms with Gasteiger partial charge in [-0.2, -0.15) is 4.37 Å². The molecule has 0 fully saturated rings. The van der Waals surface area contributed by atoms with Crippen LogP contribution in [0.1, 0.15) is 26.4 Å². The number of hydrogen-bond donors (Lipinski definition) is 2. The third-order valence-electron chi connectivity index (χ3n) is 2.33. The molecule has 2 rings (SSSR count). The Bertz CT molecular complexity index is 682. The quantitative estimate of drug-likeness (QED) is 0.843. The van der Waals surface area contributed by atoms with Gasteiger partial charge in [0, 0.05) is 5.56 Å². The second kappa shape index (κ2) is 5.74. The molecule has 0 radical (unpaired) electrons. The molecule has 2 aromatic heterocycles. The normalized spacial score (nSPS) is 10.3. The van der Waals surface area contributed by atoms with Crippen molar-refractivity contribution in [3.05, 3.63) is 39.3 Å². The Kier molecular flexibility index (Phi) is 4.22. The molecule has 20 heavy (non-hydrogen) atoms. The van der Waals surface area contributed by atoms with Crippen LogP contribution >= 0.6 is 34.7 Å². The molecule has 1 amide bonds. The van der Waals surface area contributed by atoms with Gasteiger partial charge in [-0.15, -0.1) is 0 Å². The van der Waals surface area contributed by atoms with Gasteiger partial charge in [0.2, 0.25) is 0 Å². The summed E-state index contributed by atoms with van der Waals surface area (Å²) in [5.74, 6) is -1.69. The van der Waals surface area contributed by atoms with Crippen molar-refractivity contribution in [2.75, 3.05) is 5.32 Å². The highest BCUT2D eigenvalue weighted by molar-refractivity contribution is 7.11. The summed E-state index contributed by atoms with van der Waals surface area (Å²) >= 11 is 12.3. The van der Waals surface area contributed by atoms with Gasteiger partial charge < -0.3 is 10.4 Å². The molecule has 104 valence electrons. The second-order valence-corrected chi connectivity index (χ2v) is 5.28. The molecule has 0 aromatic carbocycles. The number of anilines is 1. The molecular weight excluding hydrogens is 325 g/mol. The first-order chi connectivity index (χ1) is 9.38. The SMILES string of the molecule is Cc1nsc(NC(=O)c2cc(Cl)nc(Cl)c2)c1C(=O)O. The maximum absolute atomic E-state index is 12.0. The van der Waals surface area contributed by atoms with E-state index in [1.54, 1.807) is 6.92 Å². The third kappa shape index (κ3) is 3.06. The van der Waals surface area contributed by atoms with E-state index in [1.165, 1.54) is 12.1 Å². The van der Waals surface area contributed by atoms with Gasteiger partial charge in [-0.05, 0) is 30.6 Å².